The lowest BCUT2D eigenvalue weighted by Gasteiger charge is -2.37. The van der Waals surface area contributed by atoms with Gasteiger partial charge in [0.05, 0.1) is 11.8 Å². The van der Waals surface area contributed by atoms with Crippen LogP contribution < -0.4 is 9.64 Å². The average molecular weight is 290 g/mol. The molecule has 0 saturated carbocycles. The number of ether oxygens (including phenoxy) is 1. The average Bonchev–Trinajstić information content (AvgIpc) is 2.48. The monoisotopic (exact) mass is 290 g/mol. The second kappa shape index (κ2) is 7.34. The number of piperazine rings is 1. The molecule has 1 saturated heterocycles. The summed E-state index contributed by atoms with van der Waals surface area (Å²) < 4.78 is 5.89. The van der Waals surface area contributed by atoms with Crippen molar-refractivity contribution in [3.05, 3.63) is 24.3 Å². The van der Waals surface area contributed by atoms with Crippen LogP contribution in [-0.2, 0) is 4.79 Å². The molecule has 0 atom stereocenters. The minimum Gasteiger partial charge on any atom is -0.489 e. The van der Waals surface area contributed by atoms with E-state index in [9.17, 15) is 4.79 Å². The summed E-state index contributed by atoms with van der Waals surface area (Å²) in [6.07, 6.45) is 1.75. The predicted molar refractivity (Wildman–Crippen MR) is 85.9 cm³/mol. The van der Waals surface area contributed by atoms with Crippen molar-refractivity contribution >= 4 is 11.6 Å². The number of benzene rings is 1. The van der Waals surface area contributed by atoms with Crippen molar-refractivity contribution in [1.29, 1.82) is 0 Å². The second-order valence-electron chi connectivity index (χ2n) is 5.75. The zero-order valence-corrected chi connectivity index (χ0v) is 13.3. The highest BCUT2D eigenvalue weighted by Crippen LogP contribution is 2.29. The van der Waals surface area contributed by atoms with Crippen molar-refractivity contribution in [3.8, 4) is 5.75 Å². The lowest BCUT2D eigenvalue weighted by molar-refractivity contribution is -0.131. The van der Waals surface area contributed by atoms with E-state index >= 15 is 0 Å². The fraction of sp³-hybridized carbons (Fsp3) is 0.588. The molecule has 0 unspecified atom stereocenters. The highest BCUT2D eigenvalue weighted by Gasteiger charge is 2.22. The Morgan fingerprint density at radius 1 is 1.19 bits per heavy atom. The maximum atomic E-state index is 11.9. The summed E-state index contributed by atoms with van der Waals surface area (Å²) in [6.45, 7) is 9.47. The standard InChI is InChI=1S/C17H26N2O2/c1-4-7-17(20)19-12-10-18(11-13-19)15-8-5-6-9-16(15)21-14(2)3/h5-6,8-9,14H,4,7,10-13H2,1-3H3. The maximum absolute atomic E-state index is 11.9. The van der Waals surface area contributed by atoms with Crippen LogP contribution >= 0.6 is 0 Å². The van der Waals surface area contributed by atoms with Gasteiger partial charge in [-0.15, -0.1) is 0 Å². The molecule has 1 aromatic carbocycles. The fourth-order valence-electron chi connectivity index (χ4n) is 2.64. The van der Waals surface area contributed by atoms with Crippen molar-refractivity contribution in [2.75, 3.05) is 31.1 Å². The largest absolute Gasteiger partial charge is 0.489 e. The van der Waals surface area contributed by atoms with Gasteiger partial charge in [-0.25, -0.2) is 0 Å². The summed E-state index contributed by atoms with van der Waals surface area (Å²) in [5, 5.41) is 0. The number of amides is 1. The SMILES string of the molecule is CCCC(=O)N1CCN(c2ccccc2OC(C)C)CC1. The van der Waals surface area contributed by atoms with E-state index < -0.39 is 0 Å². The van der Waals surface area contributed by atoms with E-state index in [-0.39, 0.29) is 12.0 Å². The Labute approximate surface area is 127 Å². The van der Waals surface area contributed by atoms with Crippen LogP contribution in [0.15, 0.2) is 24.3 Å². The van der Waals surface area contributed by atoms with E-state index in [0.29, 0.717) is 6.42 Å². The molecule has 0 bridgehead atoms. The third-order valence-electron chi connectivity index (χ3n) is 3.66. The number of carbonyl (C=O) groups excluding carboxylic acids is 1. The first-order chi connectivity index (χ1) is 10.1. The Kier molecular flexibility index (Phi) is 5.48. The van der Waals surface area contributed by atoms with E-state index in [0.717, 1.165) is 44.0 Å². The summed E-state index contributed by atoms with van der Waals surface area (Å²) in [7, 11) is 0. The molecular formula is C17H26N2O2. The van der Waals surface area contributed by atoms with Crippen LogP contribution in [0.4, 0.5) is 5.69 Å². The number of para-hydroxylation sites is 2. The van der Waals surface area contributed by atoms with Crippen LogP contribution in [0.5, 0.6) is 5.75 Å². The Morgan fingerprint density at radius 3 is 2.48 bits per heavy atom. The number of carbonyl (C=O) groups is 1. The van der Waals surface area contributed by atoms with Gasteiger partial charge in [-0.05, 0) is 32.4 Å². The molecule has 2 rings (SSSR count). The van der Waals surface area contributed by atoms with Gasteiger partial charge >= 0.3 is 0 Å². The third-order valence-corrected chi connectivity index (χ3v) is 3.66. The van der Waals surface area contributed by atoms with Gasteiger partial charge in [0.2, 0.25) is 5.91 Å². The van der Waals surface area contributed by atoms with Gasteiger partial charge in [0.1, 0.15) is 5.75 Å². The predicted octanol–water partition coefficient (Wildman–Crippen LogP) is 2.92. The van der Waals surface area contributed by atoms with E-state index in [1.807, 2.05) is 43.9 Å². The molecule has 116 valence electrons. The molecule has 1 aromatic rings. The number of nitrogens with zero attached hydrogens (tertiary/aromatic N) is 2. The van der Waals surface area contributed by atoms with Crippen LogP contribution in [-0.4, -0.2) is 43.1 Å². The van der Waals surface area contributed by atoms with Gasteiger partial charge < -0.3 is 14.5 Å². The molecule has 1 aliphatic rings. The molecule has 21 heavy (non-hydrogen) atoms. The molecule has 1 amide bonds. The molecular weight excluding hydrogens is 264 g/mol. The summed E-state index contributed by atoms with van der Waals surface area (Å²) >= 11 is 0. The third kappa shape index (κ3) is 4.13. The molecule has 0 spiro atoms. The zero-order valence-electron chi connectivity index (χ0n) is 13.3. The molecule has 1 aliphatic heterocycles. The smallest absolute Gasteiger partial charge is 0.222 e. The fourth-order valence-corrected chi connectivity index (χ4v) is 2.64. The first kappa shape index (κ1) is 15.7. The van der Waals surface area contributed by atoms with Crippen molar-refractivity contribution in [3.63, 3.8) is 0 Å². The minimum atomic E-state index is 0.165. The molecule has 1 fully saturated rings. The van der Waals surface area contributed by atoms with Gasteiger partial charge in [0, 0.05) is 32.6 Å². The van der Waals surface area contributed by atoms with E-state index in [1.54, 1.807) is 0 Å². The lowest BCUT2D eigenvalue weighted by Crippen LogP contribution is -2.48. The van der Waals surface area contributed by atoms with Crippen LogP contribution in [0.1, 0.15) is 33.6 Å². The van der Waals surface area contributed by atoms with Gasteiger partial charge in [-0.2, -0.15) is 0 Å². The molecule has 0 radical (unpaired) electrons. The molecule has 4 nitrogen and oxygen atoms in total. The number of hydrogen-bond donors (Lipinski definition) is 0. The first-order valence-electron chi connectivity index (χ1n) is 7.90. The Morgan fingerprint density at radius 2 is 1.86 bits per heavy atom. The molecule has 1 heterocycles. The highest BCUT2D eigenvalue weighted by molar-refractivity contribution is 5.76. The van der Waals surface area contributed by atoms with Crippen molar-refractivity contribution < 1.29 is 9.53 Å². The van der Waals surface area contributed by atoms with Crippen molar-refractivity contribution in [1.82, 2.24) is 4.90 Å². The summed E-state index contributed by atoms with van der Waals surface area (Å²) in [5.41, 5.74) is 1.13. The van der Waals surface area contributed by atoms with Gasteiger partial charge in [-0.3, -0.25) is 4.79 Å². The summed E-state index contributed by atoms with van der Waals surface area (Å²) in [4.78, 5) is 16.2. The summed E-state index contributed by atoms with van der Waals surface area (Å²) in [5.74, 6) is 1.21. The quantitative estimate of drug-likeness (QED) is 0.836. The number of rotatable bonds is 5. The van der Waals surface area contributed by atoms with Crippen molar-refractivity contribution in [2.45, 2.75) is 39.7 Å². The Hall–Kier alpha value is -1.71. The highest BCUT2D eigenvalue weighted by atomic mass is 16.5. The Balaban J connectivity index is 2.00. The van der Waals surface area contributed by atoms with Crippen molar-refractivity contribution in [2.24, 2.45) is 0 Å². The Bertz CT molecular complexity index is 466. The summed E-state index contributed by atoms with van der Waals surface area (Å²) in [6, 6.07) is 8.16. The van der Waals surface area contributed by atoms with E-state index in [4.69, 9.17) is 4.74 Å². The van der Waals surface area contributed by atoms with Crippen LogP contribution in [0, 0.1) is 0 Å². The second-order valence-corrected chi connectivity index (χ2v) is 5.75. The van der Waals surface area contributed by atoms with Gasteiger partial charge in [-0.1, -0.05) is 19.1 Å². The van der Waals surface area contributed by atoms with E-state index in [2.05, 4.69) is 11.0 Å². The zero-order chi connectivity index (χ0) is 15.2. The van der Waals surface area contributed by atoms with Crippen LogP contribution in [0.2, 0.25) is 0 Å². The molecule has 0 aromatic heterocycles. The van der Waals surface area contributed by atoms with Crippen LogP contribution in [0.3, 0.4) is 0 Å². The maximum Gasteiger partial charge on any atom is 0.222 e. The molecule has 4 heteroatoms. The number of anilines is 1. The van der Waals surface area contributed by atoms with Gasteiger partial charge in [0.25, 0.3) is 0 Å². The van der Waals surface area contributed by atoms with Crippen LogP contribution in [0.25, 0.3) is 0 Å². The normalized spacial score (nSPS) is 15.4. The first-order valence-corrected chi connectivity index (χ1v) is 7.90. The van der Waals surface area contributed by atoms with Gasteiger partial charge in [0.15, 0.2) is 0 Å². The topological polar surface area (TPSA) is 32.8 Å². The minimum absolute atomic E-state index is 0.165. The van der Waals surface area contributed by atoms with E-state index in [1.165, 1.54) is 0 Å². The lowest BCUT2D eigenvalue weighted by atomic mass is 10.2. The molecule has 0 N–H and O–H groups in total. The number of hydrogen-bond acceptors (Lipinski definition) is 3. The molecule has 0 aliphatic carbocycles.